The highest BCUT2D eigenvalue weighted by molar-refractivity contribution is 7.09. The first kappa shape index (κ1) is 15.8. The van der Waals surface area contributed by atoms with E-state index in [0.29, 0.717) is 19.4 Å². The lowest BCUT2D eigenvalue weighted by Crippen LogP contribution is -2.47. The van der Waals surface area contributed by atoms with Gasteiger partial charge in [-0.05, 0) is 12.8 Å². The van der Waals surface area contributed by atoms with Gasteiger partial charge in [0.05, 0.1) is 10.9 Å². The SMILES string of the molecule is O=C(NCCc1nccs1)NC1CCCCCC1C(=O)O. The van der Waals surface area contributed by atoms with E-state index in [0.717, 1.165) is 30.7 Å². The topological polar surface area (TPSA) is 91.3 Å². The Morgan fingerprint density at radius 2 is 2.14 bits per heavy atom. The predicted molar refractivity (Wildman–Crippen MR) is 80.4 cm³/mol. The van der Waals surface area contributed by atoms with Crippen molar-refractivity contribution in [1.82, 2.24) is 15.6 Å². The van der Waals surface area contributed by atoms with E-state index in [1.165, 1.54) is 0 Å². The average Bonchev–Trinajstić information content (AvgIpc) is 2.84. The maximum atomic E-state index is 11.9. The maximum Gasteiger partial charge on any atom is 0.315 e. The van der Waals surface area contributed by atoms with E-state index in [4.69, 9.17) is 0 Å². The van der Waals surface area contributed by atoms with Crippen LogP contribution in [-0.2, 0) is 11.2 Å². The Bertz CT molecular complexity index is 464. The molecule has 0 saturated heterocycles. The van der Waals surface area contributed by atoms with Gasteiger partial charge in [-0.1, -0.05) is 19.3 Å². The van der Waals surface area contributed by atoms with Crippen LogP contribution in [0.1, 0.15) is 37.1 Å². The molecule has 116 valence electrons. The molecule has 0 spiro atoms. The standard InChI is InChI=1S/C14H21N3O3S/c18-13(19)10-4-2-1-3-5-11(10)17-14(20)16-7-6-12-15-8-9-21-12/h8-11H,1-7H2,(H,18,19)(H2,16,17,20). The Balaban J connectivity index is 1.77. The van der Waals surface area contributed by atoms with Crippen LogP contribution in [0.5, 0.6) is 0 Å². The molecule has 0 aromatic carbocycles. The Hall–Kier alpha value is -1.63. The van der Waals surface area contributed by atoms with Gasteiger partial charge < -0.3 is 15.7 Å². The molecule has 0 radical (unpaired) electrons. The first-order chi connectivity index (χ1) is 10.2. The number of carboxylic acids is 1. The Kier molecular flexibility index (Phi) is 5.98. The van der Waals surface area contributed by atoms with Crippen molar-refractivity contribution >= 4 is 23.3 Å². The number of nitrogens with one attached hydrogen (secondary N) is 2. The van der Waals surface area contributed by atoms with Crippen LogP contribution in [0.25, 0.3) is 0 Å². The largest absolute Gasteiger partial charge is 0.481 e. The van der Waals surface area contributed by atoms with Gasteiger partial charge in [-0.3, -0.25) is 4.79 Å². The predicted octanol–water partition coefficient (Wildman–Crippen LogP) is 2.02. The van der Waals surface area contributed by atoms with Gasteiger partial charge in [0.1, 0.15) is 0 Å². The van der Waals surface area contributed by atoms with E-state index in [-0.39, 0.29) is 12.1 Å². The highest BCUT2D eigenvalue weighted by Crippen LogP contribution is 2.23. The van der Waals surface area contributed by atoms with Gasteiger partial charge >= 0.3 is 12.0 Å². The zero-order valence-electron chi connectivity index (χ0n) is 11.9. The van der Waals surface area contributed by atoms with Crippen LogP contribution in [0, 0.1) is 5.92 Å². The quantitative estimate of drug-likeness (QED) is 0.726. The number of nitrogens with zero attached hydrogens (tertiary/aromatic N) is 1. The summed E-state index contributed by atoms with van der Waals surface area (Å²) in [6, 6.07) is -0.561. The van der Waals surface area contributed by atoms with Gasteiger partial charge in [0.15, 0.2) is 0 Å². The van der Waals surface area contributed by atoms with Crippen LogP contribution < -0.4 is 10.6 Å². The van der Waals surface area contributed by atoms with E-state index in [2.05, 4.69) is 15.6 Å². The molecule has 3 N–H and O–H groups in total. The van der Waals surface area contributed by atoms with Crippen molar-refractivity contribution in [3.05, 3.63) is 16.6 Å². The van der Waals surface area contributed by atoms with E-state index >= 15 is 0 Å². The number of thiazole rings is 1. The number of carbonyl (C=O) groups is 2. The molecule has 1 heterocycles. The summed E-state index contributed by atoms with van der Waals surface area (Å²) in [6.45, 7) is 0.504. The van der Waals surface area contributed by atoms with Gasteiger partial charge in [-0.15, -0.1) is 11.3 Å². The number of hydrogen-bond donors (Lipinski definition) is 3. The third-order valence-electron chi connectivity index (χ3n) is 3.76. The van der Waals surface area contributed by atoms with Gasteiger partial charge in [-0.2, -0.15) is 0 Å². The van der Waals surface area contributed by atoms with Gasteiger partial charge in [-0.25, -0.2) is 9.78 Å². The Morgan fingerprint density at radius 3 is 2.86 bits per heavy atom. The lowest BCUT2D eigenvalue weighted by Gasteiger charge is -2.23. The lowest BCUT2D eigenvalue weighted by atomic mass is 9.95. The minimum absolute atomic E-state index is 0.273. The second-order valence-corrected chi connectivity index (χ2v) is 6.24. The van der Waals surface area contributed by atoms with Crippen LogP contribution in [0.4, 0.5) is 4.79 Å². The van der Waals surface area contributed by atoms with Crippen molar-refractivity contribution in [3.8, 4) is 0 Å². The van der Waals surface area contributed by atoms with Crippen molar-refractivity contribution in [1.29, 1.82) is 0 Å². The normalized spacial score (nSPS) is 22.3. The van der Waals surface area contributed by atoms with Crippen LogP contribution in [0.15, 0.2) is 11.6 Å². The van der Waals surface area contributed by atoms with Gasteiger partial charge in [0.25, 0.3) is 0 Å². The molecule has 21 heavy (non-hydrogen) atoms. The highest BCUT2D eigenvalue weighted by Gasteiger charge is 2.30. The minimum Gasteiger partial charge on any atom is -0.481 e. The summed E-state index contributed by atoms with van der Waals surface area (Å²) in [5, 5.41) is 17.7. The van der Waals surface area contributed by atoms with E-state index in [1.807, 2.05) is 5.38 Å². The first-order valence-corrected chi connectivity index (χ1v) is 8.20. The van der Waals surface area contributed by atoms with E-state index in [1.54, 1.807) is 17.5 Å². The molecule has 2 unspecified atom stereocenters. The minimum atomic E-state index is -0.815. The molecular weight excluding hydrogens is 290 g/mol. The summed E-state index contributed by atoms with van der Waals surface area (Å²) in [5.74, 6) is -1.29. The second-order valence-electron chi connectivity index (χ2n) is 5.27. The summed E-state index contributed by atoms with van der Waals surface area (Å²) in [4.78, 5) is 27.3. The molecule has 6 nitrogen and oxygen atoms in total. The molecule has 1 aromatic rings. The Labute approximate surface area is 128 Å². The molecule has 0 aliphatic heterocycles. The molecule has 2 rings (SSSR count). The van der Waals surface area contributed by atoms with Crippen LogP contribution in [0.2, 0.25) is 0 Å². The van der Waals surface area contributed by atoms with Crippen molar-refractivity contribution < 1.29 is 14.7 Å². The third kappa shape index (κ3) is 5.00. The lowest BCUT2D eigenvalue weighted by molar-refractivity contribution is -0.142. The third-order valence-corrected chi connectivity index (χ3v) is 4.60. The summed E-state index contributed by atoms with van der Waals surface area (Å²) in [6.07, 6.45) is 6.72. The molecule has 1 aliphatic rings. The van der Waals surface area contributed by atoms with E-state index < -0.39 is 11.9 Å². The van der Waals surface area contributed by atoms with Crippen molar-refractivity contribution in [2.45, 2.75) is 44.6 Å². The van der Waals surface area contributed by atoms with Crippen molar-refractivity contribution in [2.75, 3.05) is 6.54 Å². The summed E-state index contributed by atoms with van der Waals surface area (Å²) < 4.78 is 0. The number of urea groups is 1. The fourth-order valence-electron chi connectivity index (χ4n) is 2.65. The number of aliphatic carboxylic acids is 1. The molecule has 2 amide bonds. The zero-order valence-corrected chi connectivity index (χ0v) is 12.7. The van der Waals surface area contributed by atoms with Crippen LogP contribution >= 0.6 is 11.3 Å². The maximum absolute atomic E-state index is 11.9. The summed E-state index contributed by atoms with van der Waals surface area (Å²) in [7, 11) is 0. The van der Waals surface area contributed by atoms with Crippen molar-refractivity contribution in [2.24, 2.45) is 5.92 Å². The van der Waals surface area contributed by atoms with Crippen LogP contribution in [-0.4, -0.2) is 34.7 Å². The monoisotopic (exact) mass is 311 g/mol. The van der Waals surface area contributed by atoms with Gasteiger partial charge in [0, 0.05) is 30.6 Å². The molecule has 1 aliphatic carbocycles. The molecule has 7 heteroatoms. The number of carboxylic acid groups (broad SMARTS) is 1. The molecule has 1 saturated carbocycles. The van der Waals surface area contributed by atoms with Crippen LogP contribution in [0.3, 0.4) is 0 Å². The molecule has 2 atom stereocenters. The molecule has 0 bridgehead atoms. The Morgan fingerprint density at radius 1 is 1.33 bits per heavy atom. The van der Waals surface area contributed by atoms with E-state index in [9.17, 15) is 14.7 Å². The summed E-state index contributed by atoms with van der Waals surface area (Å²) >= 11 is 1.56. The molecular formula is C14H21N3O3S. The number of aromatic nitrogens is 1. The summed E-state index contributed by atoms with van der Waals surface area (Å²) in [5.41, 5.74) is 0. The number of carbonyl (C=O) groups excluding carboxylic acids is 1. The fourth-order valence-corrected chi connectivity index (χ4v) is 3.28. The average molecular weight is 311 g/mol. The first-order valence-electron chi connectivity index (χ1n) is 7.32. The number of hydrogen-bond acceptors (Lipinski definition) is 4. The number of rotatable bonds is 5. The fraction of sp³-hybridized carbons (Fsp3) is 0.643. The zero-order chi connectivity index (χ0) is 15.1. The second kappa shape index (κ2) is 7.97. The smallest absolute Gasteiger partial charge is 0.315 e. The number of amides is 2. The molecule has 1 aromatic heterocycles. The van der Waals surface area contributed by atoms with Crippen molar-refractivity contribution in [3.63, 3.8) is 0 Å². The molecule has 1 fully saturated rings. The highest BCUT2D eigenvalue weighted by atomic mass is 32.1. The van der Waals surface area contributed by atoms with Gasteiger partial charge in [0.2, 0.25) is 0 Å².